The van der Waals surface area contributed by atoms with E-state index in [1.807, 2.05) is 58.0 Å². The van der Waals surface area contributed by atoms with Crippen molar-refractivity contribution >= 4 is 23.7 Å². The van der Waals surface area contributed by atoms with Crippen molar-refractivity contribution in [2.24, 2.45) is 0 Å². The Balaban J connectivity index is 2.13. The van der Waals surface area contributed by atoms with Crippen molar-refractivity contribution in [2.45, 2.75) is 40.0 Å². The lowest BCUT2D eigenvalue weighted by Crippen LogP contribution is -2.43. The number of esters is 1. The first-order chi connectivity index (χ1) is 14.5. The number of carbonyl (C=O) groups excluding carboxylic acids is 3. The van der Waals surface area contributed by atoms with Crippen LogP contribution < -0.4 is 10.6 Å². The summed E-state index contributed by atoms with van der Waals surface area (Å²) in [6, 6.07) is 9.04. The molecule has 9 heteroatoms. The molecular weight excluding hydrogens is 398 g/mol. The minimum Gasteiger partial charge on any atom is -0.465 e. The molecule has 0 saturated carbocycles. The van der Waals surface area contributed by atoms with Crippen LogP contribution in [-0.2, 0) is 19.7 Å². The van der Waals surface area contributed by atoms with Gasteiger partial charge in [-0.3, -0.25) is 9.59 Å². The van der Waals surface area contributed by atoms with E-state index in [9.17, 15) is 14.4 Å². The van der Waals surface area contributed by atoms with Crippen molar-refractivity contribution in [1.82, 2.24) is 20.0 Å². The smallest absolute Gasteiger partial charge is 0.325 e. The van der Waals surface area contributed by atoms with E-state index in [4.69, 9.17) is 9.84 Å². The van der Waals surface area contributed by atoms with E-state index >= 15 is 0 Å². The van der Waals surface area contributed by atoms with Crippen LogP contribution in [-0.4, -0.2) is 59.3 Å². The summed E-state index contributed by atoms with van der Waals surface area (Å²) in [5, 5.41) is 9.97. The standard InChI is InChI=1S/C22H31N5O4/c1-7-31-20(29)13-23-21(30)26(6)14-19(28)24-18-12-17(22(3,4)5)25-27(18)16-11-9-8-10-15(16)2/h8-12H,7,13-14H2,1-6H3,(H,23,30)(H,24,28). The highest BCUT2D eigenvalue weighted by molar-refractivity contribution is 5.94. The molecule has 0 aliphatic rings. The zero-order chi connectivity index (χ0) is 23.2. The van der Waals surface area contributed by atoms with Crippen LogP contribution in [0.25, 0.3) is 5.69 Å². The Bertz CT molecular complexity index is 946. The van der Waals surface area contributed by atoms with Crippen molar-refractivity contribution in [3.8, 4) is 5.69 Å². The molecule has 1 aromatic carbocycles. The number of hydrogen-bond donors (Lipinski definition) is 2. The van der Waals surface area contributed by atoms with Crippen LogP contribution >= 0.6 is 0 Å². The average Bonchev–Trinajstić information content (AvgIpc) is 3.10. The van der Waals surface area contributed by atoms with Crippen LogP contribution in [0.15, 0.2) is 30.3 Å². The minimum atomic E-state index is -0.550. The summed E-state index contributed by atoms with van der Waals surface area (Å²) in [5.41, 5.74) is 2.48. The second-order valence-electron chi connectivity index (χ2n) is 8.23. The molecule has 2 N–H and O–H groups in total. The number of amides is 3. The van der Waals surface area contributed by atoms with Gasteiger partial charge >= 0.3 is 12.0 Å². The van der Waals surface area contributed by atoms with Gasteiger partial charge in [-0.1, -0.05) is 39.0 Å². The molecule has 0 atom stereocenters. The fourth-order valence-electron chi connectivity index (χ4n) is 2.79. The summed E-state index contributed by atoms with van der Waals surface area (Å²) in [5.74, 6) is -0.404. The van der Waals surface area contributed by atoms with Crippen LogP contribution in [0.2, 0.25) is 0 Å². The highest BCUT2D eigenvalue weighted by atomic mass is 16.5. The second kappa shape index (κ2) is 10.1. The van der Waals surface area contributed by atoms with Crippen LogP contribution in [0.4, 0.5) is 10.6 Å². The third kappa shape index (κ3) is 6.56. The number of nitrogens with one attached hydrogen (secondary N) is 2. The van der Waals surface area contributed by atoms with E-state index < -0.39 is 12.0 Å². The van der Waals surface area contributed by atoms with Crippen molar-refractivity contribution in [1.29, 1.82) is 0 Å². The van der Waals surface area contributed by atoms with Crippen molar-refractivity contribution < 1.29 is 19.1 Å². The molecule has 31 heavy (non-hydrogen) atoms. The number of aromatic nitrogens is 2. The molecule has 0 aliphatic carbocycles. The maximum atomic E-state index is 12.6. The van der Waals surface area contributed by atoms with E-state index in [0.717, 1.165) is 16.9 Å². The Morgan fingerprint density at radius 2 is 1.87 bits per heavy atom. The lowest BCUT2D eigenvalue weighted by atomic mass is 9.92. The molecule has 2 rings (SSSR count). The molecule has 3 amide bonds. The largest absolute Gasteiger partial charge is 0.465 e. The Hall–Kier alpha value is -3.36. The number of aryl methyl sites for hydroxylation is 1. The minimum absolute atomic E-state index is 0.196. The van der Waals surface area contributed by atoms with Gasteiger partial charge in [0.1, 0.15) is 18.9 Å². The summed E-state index contributed by atoms with van der Waals surface area (Å²) < 4.78 is 6.47. The van der Waals surface area contributed by atoms with Crippen LogP contribution in [0, 0.1) is 6.92 Å². The number of nitrogens with zero attached hydrogens (tertiary/aromatic N) is 3. The van der Waals surface area contributed by atoms with Gasteiger partial charge in [-0.25, -0.2) is 9.48 Å². The third-order valence-corrected chi connectivity index (χ3v) is 4.51. The van der Waals surface area contributed by atoms with Crippen molar-refractivity contribution in [2.75, 3.05) is 32.1 Å². The predicted octanol–water partition coefficient (Wildman–Crippen LogP) is 2.62. The number of para-hydroxylation sites is 1. The number of urea groups is 1. The summed E-state index contributed by atoms with van der Waals surface area (Å²) in [6.07, 6.45) is 0. The fourth-order valence-corrected chi connectivity index (χ4v) is 2.79. The molecule has 1 heterocycles. The van der Waals surface area contributed by atoms with Crippen LogP contribution in [0.5, 0.6) is 0 Å². The monoisotopic (exact) mass is 429 g/mol. The molecular formula is C22H31N5O4. The van der Waals surface area contributed by atoms with E-state index in [-0.39, 0.29) is 31.0 Å². The molecule has 0 fully saturated rings. The van der Waals surface area contributed by atoms with Gasteiger partial charge in [-0.15, -0.1) is 0 Å². The van der Waals surface area contributed by atoms with E-state index in [1.54, 1.807) is 11.6 Å². The Morgan fingerprint density at radius 1 is 1.19 bits per heavy atom. The van der Waals surface area contributed by atoms with E-state index in [2.05, 4.69) is 10.6 Å². The highest BCUT2D eigenvalue weighted by Crippen LogP contribution is 2.27. The maximum Gasteiger partial charge on any atom is 0.325 e. The quantitative estimate of drug-likeness (QED) is 0.658. The summed E-state index contributed by atoms with van der Waals surface area (Å²) >= 11 is 0. The molecule has 0 unspecified atom stereocenters. The fraction of sp³-hybridized carbons (Fsp3) is 0.455. The molecule has 168 valence electrons. The molecule has 9 nitrogen and oxygen atoms in total. The van der Waals surface area contributed by atoms with E-state index in [0.29, 0.717) is 5.82 Å². The van der Waals surface area contributed by atoms with Gasteiger partial charge in [0.2, 0.25) is 5.91 Å². The maximum absolute atomic E-state index is 12.6. The van der Waals surface area contributed by atoms with Gasteiger partial charge in [-0.2, -0.15) is 5.10 Å². The Morgan fingerprint density at radius 3 is 2.48 bits per heavy atom. The number of ether oxygens (including phenoxy) is 1. The predicted molar refractivity (Wildman–Crippen MR) is 118 cm³/mol. The number of benzene rings is 1. The van der Waals surface area contributed by atoms with Gasteiger partial charge in [-0.05, 0) is 25.5 Å². The summed E-state index contributed by atoms with van der Waals surface area (Å²) in [7, 11) is 1.47. The van der Waals surface area contributed by atoms with Gasteiger partial charge in [0, 0.05) is 18.5 Å². The van der Waals surface area contributed by atoms with Crippen LogP contribution in [0.3, 0.4) is 0 Å². The Kier molecular flexibility index (Phi) is 7.79. The zero-order valence-electron chi connectivity index (χ0n) is 19.0. The molecule has 0 aliphatic heterocycles. The first-order valence-corrected chi connectivity index (χ1v) is 10.1. The number of hydrogen-bond acceptors (Lipinski definition) is 5. The lowest BCUT2D eigenvalue weighted by Gasteiger charge is -2.17. The van der Waals surface area contributed by atoms with Crippen molar-refractivity contribution in [3.63, 3.8) is 0 Å². The molecule has 0 spiro atoms. The van der Waals surface area contributed by atoms with Gasteiger partial charge < -0.3 is 20.3 Å². The molecule has 0 radical (unpaired) electrons. The zero-order valence-corrected chi connectivity index (χ0v) is 19.0. The lowest BCUT2D eigenvalue weighted by molar-refractivity contribution is -0.141. The molecule has 0 saturated heterocycles. The average molecular weight is 430 g/mol. The third-order valence-electron chi connectivity index (χ3n) is 4.51. The second-order valence-corrected chi connectivity index (χ2v) is 8.23. The first kappa shape index (κ1) is 23.9. The number of anilines is 1. The number of rotatable bonds is 7. The van der Waals surface area contributed by atoms with E-state index in [1.165, 1.54) is 11.9 Å². The SMILES string of the molecule is CCOC(=O)CNC(=O)N(C)CC(=O)Nc1cc(C(C)(C)C)nn1-c1ccccc1C. The summed E-state index contributed by atoms with van der Waals surface area (Å²) in [6.45, 7) is 9.58. The van der Waals surface area contributed by atoms with Crippen LogP contribution in [0.1, 0.15) is 39.0 Å². The molecule has 0 bridgehead atoms. The topological polar surface area (TPSA) is 106 Å². The van der Waals surface area contributed by atoms with Gasteiger partial charge in [0.15, 0.2) is 0 Å². The normalized spacial score (nSPS) is 11.0. The van der Waals surface area contributed by atoms with Crippen molar-refractivity contribution in [3.05, 3.63) is 41.6 Å². The molecule has 2 aromatic rings. The number of carbonyl (C=O) groups is 3. The number of likely N-dealkylation sites (N-methyl/N-ethyl adjacent to an activating group) is 1. The highest BCUT2D eigenvalue weighted by Gasteiger charge is 2.23. The Labute approximate surface area is 182 Å². The first-order valence-electron chi connectivity index (χ1n) is 10.1. The van der Waals surface area contributed by atoms with Gasteiger partial charge in [0.25, 0.3) is 0 Å². The summed E-state index contributed by atoms with van der Waals surface area (Å²) in [4.78, 5) is 37.3. The molecule has 1 aromatic heterocycles. The van der Waals surface area contributed by atoms with Gasteiger partial charge in [0.05, 0.1) is 18.0 Å².